The molecule has 0 saturated heterocycles. The number of nitrogens with one attached hydrogen (secondary N) is 1. The Kier molecular flexibility index (Phi) is 0.967. The first-order valence-corrected chi connectivity index (χ1v) is 3.70. The molecule has 0 amide bonds. The molecule has 0 aromatic carbocycles. The second kappa shape index (κ2) is 1.48. The molecule has 0 atom stereocenters. The zero-order valence-corrected chi connectivity index (χ0v) is 4.48. The summed E-state index contributed by atoms with van der Waals surface area (Å²) < 4.78 is 0. The molecule has 0 fully saturated rings. The van der Waals surface area contributed by atoms with E-state index in [2.05, 4.69) is 10.3 Å². The van der Waals surface area contributed by atoms with Crippen molar-refractivity contribution in [2.24, 2.45) is 0 Å². The van der Waals surface area contributed by atoms with Gasteiger partial charge in [-0.3, -0.25) is 0 Å². The van der Waals surface area contributed by atoms with Gasteiger partial charge in [-0.15, -0.1) is 0 Å². The van der Waals surface area contributed by atoms with Gasteiger partial charge in [-0.05, 0) is 0 Å². The van der Waals surface area contributed by atoms with Gasteiger partial charge in [-0.1, -0.05) is 0 Å². The van der Waals surface area contributed by atoms with Gasteiger partial charge in [-0.2, -0.15) is 0 Å². The molecule has 0 bridgehead atoms. The minimum atomic E-state index is 0.778. The maximum atomic E-state index is 3.07. The van der Waals surface area contributed by atoms with Crippen LogP contribution in [0.1, 0.15) is 0 Å². The van der Waals surface area contributed by atoms with Crippen LogP contribution in [0, 0.1) is 0 Å². The van der Waals surface area contributed by atoms with E-state index in [4.69, 9.17) is 0 Å². The summed E-state index contributed by atoms with van der Waals surface area (Å²) in [5, 5.41) is 3.07. The topological polar surface area (TPSA) is 12.0 Å². The van der Waals surface area contributed by atoms with Crippen molar-refractivity contribution < 1.29 is 0 Å². The summed E-state index contributed by atoms with van der Waals surface area (Å²) in [6.45, 7) is 0. The Morgan fingerprint density at radius 2 is 2.80 bits per heavy atom. The van der Waals surface area contributed by atoms with Gasteiger partial charge in [0.15, 0.2) is 0 Å². The molecule has 2 heteroatoms. The van der Waals surface area contributed by atoms with Crippen LogP contribution >= 0.6 is 0 Å². The number of hydrogen-bond donors (Lipinski definition) is 1. The first-order chi connectivity index (χ1) is 2.50. The third-order valence-electron chi connectivity index (χ3n) is 0.449. The average Bonchev–Trinajstić information content (AvgIpc) is 1.76. The van der Waals surface area contributed by atoms with Crippen LogP contribution in [0.25, 0.3) is 0 Å². The second-order valence-electron chi connectivity index (χ2n) is 0.818. The average molecular weight is 134 g/mol. The summed E-state index contributed by atoms with van der Waals surface area (Å²) in [7, 11) is 0. The van der Waals surface area contributed by atoms with Crippen LogP contribution in [-0.4, -0.2) is 20.4 Å². The van der Waals surface area contributed by atoms with E-state index in [1.807, 2.05) is 6.20 Å². The molecular formula is C3H5NSe. The summed E-state index contributed by atoms with van der Waals surface area (Å²) in [6, 6.07) is 0. The van der Waals surface area contributed by atoms with Crippen molar-refractivity contribution in [3.05, 3.63) is 11.2 Å². The molecule has 0 aromatic rings. The Morgan fingerprint density at radius 3 is 3.00 bits per heavy atom. The summed E-state index contributed by atoms with van der Waals surface area (Å²) in [5.41, 5.74) is 1.20. The molecule has 28 valence electrons. The summed E-state index contributed by atoms with van der Waals surface area (Å²) in [5.74, 6) is 0. The SMILES string of the molecule is C1=C[Se]CN1. The molecule has 0 radical (unpaired) electrons. The van der Waals surface area contributed by atoms with E-state index in [0.29, 0.717) is 0 Å². The quantitative estimate of drug-likeness (QED) is 0.449. The third-order valence-corrected chi connectivity index (χ3v) is 1.84. The van der Waals surface area contributed by atoms with E-state index in [-0.39, 0.29) is 0 Å². The van der Waals surface area contributed by atoms with E-state index in [0.717, 1.165) is 15.0 Å². The van der Waals surface area contributed by atoms with Gasteiger partial charge in [0.2, 0.25) is 0 Å². The molecule has 0 aromatic heterocycles. The molecule has 0 aliphatic carbocycles. The Morgan fingerprint density at radius 1 is 1.80 bits per heavy atom. The van der Waals surface area contributed by atoms with Crippen molar-refractivity contribution >= 4 is 15.0 Å². The predicted molar refractivity (Wildman–Crippen MR) is 22.9 cm³/mol. The van der Waals surface area contributed by atoms with Gasteiger partial charge in [-0.25, -0.2) is 0 Å². The molecule has 1 N–H and O–H groups in total. The van der Waals surface area contributed by atoms with Gasteiger partial charge in [0, 0.05) is 0 Å². The summed E-state index contributed by atoms with van der Waals surface area (Å²) in [4.78, 5) is 2.19. The van der Waals surface area contributed by atoms with Gasteiger partial charge in [0.05, 0.1) is 0 Å². The molecule has 0 saturated carbocycles. The van der Waals surface area contributed by atoms with E-state index in [1.165, 1.54) is 5.44 Å². The van der Waals surface area contributed by atoms with E-state index in [1.54, 1.807) is 0 Å². The monoisotopic (exact) mass is 135 g/mol. The van der Waals surface area contributed by atoms with Crippen LogP contribution in [0.5, 0.6) is 0 Å². The fourth-order valence-electron chi connectivity index (χ4n) is 0.241. The Balaban J connectivity index is 2.32. The van der Waals surface area contributed by atoms with E-state index in [9.17, 15) is 0 Å². The Labute approximate surface area is 37.6 Å². The molecular weight excluding hydrogens is 129 g/mol. The van der Waals surface area contributed by atoms with Crippen LogP contribution in [0.3, 0.4) is 0 Å². The molecule has 0 spiro atoms. The van der Waals surface area contributed by atoms with Crippen LogP contribution in [0.15, 0.2) is 11.2 Å². The molecule has 1 heterocycles. The molecule has 0 unspecified atom stereocenters. The van der Waals surface area contributed by atoms with Crippen molar-refractivity contribution in [3.63, 3.8) is 0 Å². The second-order valence-corrected chi connectivity index (χ2v) is 2.69. The van der Waals surface area contributed by atoms with Crippen molar-refractivity contribution in [1.82, 2.24) is 5.32 Å². The van der Waals surface area contributed by atoms with Crippen molar-refractivity contribution in [2.45, 2.75) is 0 Å². The molecule has 1 aliphatic rings. The van der Waals surface area contributed by atoms with E-state index >= 15 is 0 Å². The maximum absolute atomic E-state index is 3.07. The predicted octanol–water partition coefficient (Wildman–Crippen LogP) is -0.278. The van der Waals surface area contributed by atoms with Gasteiger partial charge < -0.3 is 0 Å². The molecule has 5 heavy (non-hydrogen) atoms. The van der Waals surface area contributed by atoms with Gasteiger partial charge >= 0.3 is 36.9 Å². The van der Waals surface area contributed by atoms with E-state index < -0.39 is 0 Å². The minimum absolute atomic E-state index is 0.778. The van der Waals surface area contributed by atoms with Gasteiger partial charge in [0.25, 0.3) is 0 Å². The zero-order chi connectivity index (χ0) is 3.54. The first-order valence-electron chi connectivity index (χ1n) is 1.50. The van der Waals surface area contributed by atoms with Crippen molar-refractivity contribution in [2.75, 3.05) is 5.44 Å². The Hall–Kier alpha value is 0.0595. The van der Waals surface area contributed by atoms with Crippen LogP contribution in [-0.2, 0) is 0 Å². The molecule has 1 rings (SSSR count). The fourth-order valence-corrected chi connectivity index (χ4v) is 1.25. The van der Waals surface area contributed by atoms with Crippen molar-refractivity contribution in [3.8, 4) is 0 Å². The normalized spacial score (nSPS) is 19.2. The standard InChI is InChI=1S/C3H5NSe/c1-2-5-3-4-1/h1-2,4H,3H2. The summed E-state index contributed by atoms with van der Waals surface area (Å²) in [6.07, 6.45) is 2.01. The van der Waals surface area contributed by atoms with Crippen LogP contribution in [0.4, 0.5) is 0 Å². The van der Waals surface area contributed by atoms with Crippen LogP contribution in [0.2, 0.25) is 0 Å². The number of hydrogen-bond acceptors (Lipinski definition) is 1. The van der Waals surface area contributed by atoms with Crippen LogP contribution < -0.4 is 5.32 Å². The zero-order valence-electron chi connectivity index (χ0n) is 2.77. The third kappa shape index (κ3) is 0.673. The summed E-state index contributed by atoms with van der Waals surface area (Å²) >= 11 is 0.778. The van der Waals surface area contributed by atoms with Crippen molar-refractivity contribution in [1.29, 1.82) is 0 Å². The number of rotatable bonds is 0. The van der Waals surface area contributed by atoms with Gasteiger partial charge in [0.1, 0.15) is 0 Å². The fraction of sp³-hybridized carbons (Fsp3) is 0.333. The first kappa shape index (κ1) is 3.26. The molecule has 1 nitrogen and oxygen atoms in total. The Bertz CT molecular complexity index is 44.9. The molecule has 1 aliphatic heterocycles.